The number of rotatable bonds is 4. The molecule has 0 atom stereocenters. The molecule has 23 heavy (non-hydrogen) atoms. The topological polar surface area (TPSA) is 59.1 Å². The minimum absolute atomic E-state index is 0.304. The Hall–Kier alpha value is -1.71. The highest BCUT2D eigenvalue weighted by Crippen LogP contribution is 2.30. The quantitative estimate of drug-likeness (QED) is 0.701. The van der Waals surface area contributed by atoms with Crippen molar-refractivity contribution in [1.29, 1.82) is 0 Å². The Morgan fingerprint density at radius 1 is 1.13 bits per heavy atom. The number of thiazole rings is 1. The van der Waals surface area contributed by atoms with E-state index in [9.17, 15) is 17.2 Å². The molecule has 3 aromatic rings. The zero-order chi connectivity index (χ0) is 16.6. The van der Waals surface area contributed by atoms with Crippen molar-refractivity contribution in [3.63, 3.8) is 0 Å². The first-order valence-corrected chi connectivity index (χ1v) is 9.83. The molecule has 0 amide bonds. The third kappa shape index (κ3) is 3.46. The zero-order valence-corrected chi connectivity index (χ0v) is 14.2. The maximum atomic E-state index is 13.2. The van der Waals surface area contributed by atoms with E-state index in [1.807, 2.05) is 6.26 Å². The Bertz CT molecular complexity index is 967. The summed E-state index contributed by atoms with van der Waals surface area (Å²) in [5, 5.41) is 0. The Labute approximate surface area is 139 Å². The van der Waals surface area contributed by atoms with Crippen LogP contribution in [-0.4, -0.2) is 19.7 Å². The molecule has 0 fully saturated rings. The van der Waals surface area contributed by atoms with Gasteiger partial charge in [-0.1, -0.05) is 11.8 Å². The van der Waals surface area contributed by atoms with Crippen molar-refractivity contribution in [3.05, 3.63) is 48.0 Å². The van der Waals surface area contributed by atoms with Crippen molar-refractivity contribution in [3.8, 4) is 0 Å². The van der Waals surface area contributed by atoms with Crippen LogP contribution < -0.4 is 4.72 Å². The van der Waals surface area contributed by atoms with Crippen molar-refractivity contribution in [1.82, 2.24) is 4.98 Å². The van der Waals surface area contributed by atoms with Gasteiger partial charge in [0.15, 0.2) is 4.34 Å². The highest BCUT2D eigenvalue weighted by molar-refractivity contribution is 8.00. The van der Waals surface area contributed by atoms with E-state index in [1.165, 1.54) is 23.1 Å². The molecule has 1 aromatic heterocycles. The van der Waals surface area contributed by atoms with E-state index in [-0.39, 0.29) is 0 Å². The van der Waals surface area contributed by atoms with Gasteiger partial charge in [-0.15, -0.1) is 11.3 Å². The summed E-state index contributed by atoms with van der Waals surface area (Å²) in [7, 11) is -4.08. The average Bonchev–Trinajstić information content (AvgIpc) is 2.88. The lowest BCUT2D eigenvalue weighted by Gasteiger charge is -2.08. The SMILES string of the molecule is CSc1nc2ccc(NS(=O)(=O)c3cc(F)cc(F)c3)cc2s1. The van der Waals surface area contributed by atoms with Gasteiger partial charge in [-0.2, -0.15) is 0 Å². The standard InChI is InChI=1S/C14H10F2N2O2S3/c1-21-14-17-12-3-2-10(7-13(12)22-14)18-23(19,20)11-5-8(15)4-9(16)6-11/h2-7,18H,1H3. The van der Waals surface area contributed by atoms with Crippen molar-refractivity contribution in [2.45, 2.75) is 9.24 Å². The molecule has 1 heterocycles. The van der Waals surface area contributed by atoms with E-state index in [0.717, 1.165) is 26.7 Å². The second kappa shape index (κ2) is 6.06. The molecule has 0 aliphatic rings. The van der Waals surface area contributed by atoms with Gasteiger partial charge >= 0.3 is 0 Å². The van der Waals surface area contributed by atoms with Crippen LogP contribution in [0.15, 0.2) is 45.6 Å². The summed E-state index contributed by atoms with van der Waals surface area (Å²) in [4.78, 5) is 3.89. The molecule has 3 rings (SSSR count). The molecule has 0 unspecified atom stereocenters. The van der Waals surface area contributed by atoms with Gasteiger partial charge in [-0.25, -0.2) is 22.2 Å². The monoisotopic (exact) mass is 372 g/mol. The Kier molecular flexibility index (Phi) is 4.26. The molecule has 4 nitrogen and oxygen atoms in total. The highest BCUT2D eigenvalue weighted by atomic mass is 32.2. The van der Waals surface area contributed by atoms with Crippen LogP contribution in [0, 0.1) is 11.6 Å². The van der Waals surface area contributed by atoms with Crippen LogP contribution in [0.3, 0.4) is 0 Å². The predicted octanol–water partition coefficient (Wildman–Crippen LogP) is 4.10. The van der Waals surface area contributed by atoms with Gasteiger partial charge in [0.2, 0.25) is 0 Å². The molecular formula is C14H10F2N2O2S3. The van der Waals surface area contributed by atoms with Gasteiger partial charge in [0.1, 0.15) is 11.6 Å². The fourth-order valence-electron chi connectivity index (χ4n) is 1.95. The van der Waals surface area contributed by atoms with Crippen LogP contribution in [0.1, 0.15) is 0 Å². The lowest BCUT2D eigenvalue weighted by Crippen LogP contribution is -2.13. The predicted molar refractivity (Wildman–Crippen MR) is 88.6 cm³/mol. The van der Waals surface area contributed by atoms with Gasteiger partial charge in [-0.05, 0) is 36.6 Å². The molecule has 0 saturated carbocycles. The van der Waals surface area contributed by atoms with Gasteiger partial charge < -0.3 is 0 Å². The minimum Gasteiger partial charge on any atom is -0.280 e. The van der Waals surface area contributed by atoms with Crippen LogP contribution in [0.25, 0.3) is 10.2 Å². The summed E-state index contributed by atoms with van der Waals surface area (Å²) in [6.45, 7) is 0. The summed E-state index contributed by atoms with van der Waals surface area (Å²) in [5.41, 5.74) is 1.07. The number of nitrogens with zero attached hydrogens (tertiary/aromatic N) is 1. The molecule has 1 N–H and O–H groups in total. The van der Waals surface area contributed by atoms with Crippen LogP contribution in [0.2, 0.25) is 0 Å². The van der Waals surface area contributed by atoms with E-state index in [1.54, 1.807) is 18.2 Å². The van der Waals surface area contributed by atoms with Crippen molar-refractivity contribution in [2.75, 3.05) is 11.0 Å². The van der Waals surface area contributed by atoms with Crippen LogP contribution in [-0.2, 0) is 10.0 Å². The van der Waals surface area contributed by atoms with Crippen molar-refractivity contribution >= 4 is 49.0 Å². The van der Waals surface area contributed by atoms with Gasteiger partial charge in [0.05, 0.1) is 20.8 Å². The molecule has 0 bridgehead atoms. The summed E-state index contributed by atoms with van der Waals surface area (Å²) >= 11 is 2.93. The number of benzene rings is 2. The Morgan fingerprint density at radius 3 is 2.48 bits per heavy atom. The Morgan fingerprint density at radius 2 is 1.83 bits per heavy atom. The largest absolute Gasteiger partial charge is 0.280 e. The lowest BCUT2D eigenvalue weighted by atomic mass is 10.3. The van der Waals surface area contributed by atoms with Crippen LogP contribution in [0.5, 0.6) is 0 Å². The number of sulfonamides is 1. The van der Waals surface area contributed by atoms with E-state index < -0.39 is 26.6 Å². The number of thioether (sulfide) groups is 1. The van der Waals surface area contributed by atoms with Crippen molar-refractivity contribution < 1.29 is 17.2 Å². The Balaban J connectivity index is 1.96. The molecule has 0 aliphatic heterocycles. The van der Waals surface area contributed by atoms with Gasteiger partial charge in [0.25, 0.3) is 10.0 Å². The molecule has 0 spiro atoms. The van der Waals surface area contributed by atoms with Gasteiger partial charge in [-0.3, -0.25) is 4.72 Å². The summed E-state index contributed by atoms with van der Waals surface area (Å²) in [5.74, 6) is -1.90. The number of aromatic nitrogens is 1. The summed E-state index contributed by atoms with van der Waals surface area (Å²) < 4.78 is 54.9. The van der Waals surface area contributed by atoms with Crippen LogP contribution >= 0.6 is 23.1 Å². The number of hydrogen-bond acceptors (Lipinski definition) is 5. The molecule has 9 heteroatoms. The molecule has 0 radical (unpaired) electrons. The summed E-state index contributed by atoms with van der Waals surface area (Å²) in [6, 6.07) is 7.03. The number of halogens is 2. The average molecular weight is 372 g/mol. The fraction of sp³-hybridized carbons (Fsp3) is 0.0714. The number of nitrogens with one attached hydrogen (secondary N) is 1. The zero-order valence-electron chi connectivity index (χ0n) is 11.7. The maximum Gasteiger partial charge on any atom is 0.262 e. The second-order valence-corrected chi connectivity index (χ2v) is 8.34. The second-order valence-electron chi connectivity index (χ2n) is 4.58. The third-order valence-electron chi connectivity index (χ3n) is 2.94. The molecule has 0 saturated heterocycles. The first kappa shape index (κ1) is 16.2. The fourth-order valence-corrected chi connectivity index (χ4v) is 4.57. The first-order valence-electron chi connectivity index (χ1n) is 6.31. The normalized spacial score (nSPS) is 11.8. The highest BCUT2D eigenvalue weighted by Gasteiger charge is 2.17. The molecular weight excluding hydrogens is 362 g/mol. The van der Waals surface area contributed by atoms with Crippen molar-refractivity contribution in [2.24, 2.45) is 0 Å². The number of fused-ring (bicyclic) bond motifs is 1. The van der Waals surface area contributed by atoms with Gasteiger partial charge in [0, 0.05) is 6.07 Å². The molecule has 0 aliphatic carbocycles. The summed E-state index contributed by atoms with van der Waals surface area (Å²) in [6.07, 6.45) is 1.90. The number of anilines is 1. The third-order valence-corrected chi connectivity index (χ3v) is 6.31. The van der Waals surface area contributed by atoms with Crippen LogP contribution in [0.4, 0.5) is 14.5 Å². The number of hydrogen-bond donors (Lipinski definition) is 1. The van der Waals surface area contributed by atoms with E-state index in [4.69, 9.17) is 0 Å². The maximum absolute atomic E-state index is 13.2. The minimum atomic E-state index is -4.08. The van der Waals surface area contributed by atoms with E-state index >= 15 is 0 Å². The smallest absolute Gasteiger partial charge is 0.262 e. The van der Waals surface area contributed by atoms with E-state index in [0.29, 0.717) is 11.8 Å². The first-order chi connectivity index (χ1) is 10.9. The lowest BCUT2D eigenvalue weighted by molar-refractivity contribution is 0.568. The molecule has 2 aromatic carbocycles. The van der Waals surface area contributed by atoms with E-state index in [2.05, 4.69) is 9.71 Å². The molecule has 120 valence electrons.